The molecule has 1 atom stereocenters. The lowest BCUT2D eigenvalue weighted by Crippen LogP contribution is -2.30. The maximum Gasteiger partial charge on any atom is 0.243 e. The molecule has 5 nitrogen and oxygen atoms in total. The fourth-order valence-corrected chi connectivity index (χ4v) is 4.63. The molecule has 0 aliphatic carbocycles. The lowest BCUT2D eigenvalue weighted by molar-refractivity contribution is 0.233. The van der Waals surface area contributed by atoms with E-state index in [0.717, 1.165) is 0 Å². The van der Waals surface area contributed by atoms with E-state index in [1.807, 2.05) is 0 Å². The van der Waals surface area contributed by atoms with Crippen LogP contribution in [0.3, 0.4) is 0 Å². The molecular formula is C13H20N2O3S. The molecule has 2 rings (SSSR count). The number of aliphatic hydroxyl groups is 1. The van der Waals surface area contributed by atoms with Crippen LogP contribution < -0.4 is 5.73 Å². The van der Waals surface area contributed by atoms with Gasteiger partial charge in [-0.1, -0.05) is 0 Å². The first kappa shape index (κ1) is 14.3. The van der Waals surface area contributed by atoms with Crippen LogP contribution in [0.5, 0.6) is 0 Å². The van der Waals surface area contributed by atoms with Gasteiger partial charge in [0.25, 0.3) is 0 Å². The summed E-state index contributed by atoms with van der Waals surface area (Å²) >= 11 is 0. The first-order chi connectivity index (χ1) is 8.86. The van der Waals surface area contributed by atoms with Crippen LogP contribution in [0.4, 0.5) is 5.69 Å². The van der Waals surface area contributed by atoms with Crippen molar-refractivity contribution in [2.75, 3.05) is 25.4 Å². The van der Waals surface area contributed by atoms with Gasteiger partial charge >= 0.3 is 0 Å². The van der Waals surface area contributed by atoms with Crippen LogP contribution in [-0.2, 0) is 10.0 Å². The maximum atomic E-state index is 12.7. The number of hydrogen-bond donors (Lipinski definition) is 2. The summed E-state index contributed by atoms with van der Waals surface area (Å²) in [6.45, 7) is 4.41. The molecule has 0 amide bonds. The summed E-state index contributed by atoms with van der Waals surface area (Å²) in [6.07, 6.45) is 0.711. The Morgan fingerprint density at radius 2 is 1.95 bits per heavy atom. The van der Waals surface area contributed by atoms with Crippen molar-refractivity contribution in [2.24, 2.45) is 5.92 Å². The van der Waals surface area contributed by atoms with Gasteiger partial charge in [-0.15, -0.1) is 0 Å². The summed E-state index contributed by atoms with van der Waals surface area (Å²) < 4.78 is 26.8. The zero-order valence-corrected chi connectivity index (χ0v) is 12.1. The number of anilines is 1. The first-order valence-corrected chi connectivity index (χ1v) is 7.78. The summed E-state index contributed by atoms with van der Waals surface area (Å²) in [6, 6.07) is 3.36. The van der Waals surface area contributed by atoms with Gasteiger partial charge in [0.05, 0.1) is 4.90 Å². The van der Waals surface area contributed by atoms with Gasteiger partial charge < -0.3 is 10.8 Å². The van der Waals surface area contributed by atoms with E-state index >= 15 is 0 Å². The van der Waals surface area contributed by atoms with E-state index in [-0.39, 0.29) is 12.5 Å². The van der Waals surface area contributed by atoms with Gasteiger partial charge in [0, 0.05) is 25.4 Å². The zero-order chi connectivity index (χ0) is 14.2. The van der Waals surface area contributed by atoms with E-state index in [9.17, 15) is 8.42 Å². The highest BCUT2D eigenvalue weighted by Crippen LogP contribution is 2.29. The highest BCUT2D eigenvalue weighted by atomic mass is 32.2. The summed E-state index contributed by atoms with van der Waals surface area (Å²) in [5.41, 5.74) is 7.64. The number of sulfonamides is 1. The van der Waals surface area contributed by atoms with E-state index in [1.54, 1.807) is 26.0 Å². The number of rotatable bonds is 3. The highest BCUT2D eigenvalue weighted by molar-refractivity contribution is 7.89. The summed E-state index contributed by atoms with van der Waals surface area (Å²) in [5, 5.41) is 9.13. The Hall–Kier alpha value is -1.11. The predicted molar refractivity (Wildman–Crippen MR) is 74.3 cm³/mol. The van der Waals surface area contributed by atoms with Gasteiger partial charge in [-0.25, -0.2) is 8.42 Å². The van der Waals surface area contributed by atoms with Crippen LogP contribution in [0.1, 0.15) is 17.5 Å². The van der Waals surface area contributed by atoms with Crippen molar-refractivity contribution in [3.8, 4) is 0 Å². The summed E-state index contributed by atoms with van der Waals surface area (Å²) in [7, 11) is -3.49. The van der Waals surface area contributed by atoms with Crippen molar-refractivity contribution in [1.82, 2.24) is 4.31 Å². The number of benzene rings is 1. The molecule has 0 aromatic heterocycles. The molecule has 3 N–H and O–H groups in total. The quantitative estimate of drug-likeness (QED) is 0.807. The van der Waals surface area contributed by atoms with Gasteiger partial charge in [0.15, 0.2) is 0 Å². The second-order valence-corrected chi connectivity index (χ2v) is 7.06. The molecule has 0 radical (unpaired) electrons. The van der Waals surface area contributed by atoms with Crippen LogP contribution in [0, 0.1) is 19.8 Å². The SMILES string of the molecule is Cc1cc(N)cc(C)c1S(=O)(=O)N1CCC(CO)C1. The van der Waals surface area contributed by atoms with Crippen LogP contribution >= 0.6 is 0 Å². The van der Waals surface area contributed by atoms with Gasteiger partial charge in [0.1, 0.15) is 0 Å². The van der Waals surface area contributed by atoms with Gasteiger partial charge in [-0.05, 0) is 49.4 Å². The van der Waals surface area contributed by atoms with E-state index in [0.29, 0.717) is 41.2 Å². The molecule has 1 aromatic rings. The number of hydrogen-bond acceptors (Lipinski definition) is 4. The molecular weight excluding hydrogens is 264 g/mol. The monoisotopic (exact) mass is 284 g/mol. The third-order valence-corrected chi connectivity index (χ3v) is 5.76. The molecule has 0 spiro atoms. The second kappa shape index (κ2) is 5.11. The van der Waals surface area contributed by atoms with Crippen molar-refractivity contribution in [1.29, 1.82) is 0 Å². The standard InChI is InChI=1S/C13H20N2O3S/c1-9-5-12(14)6-10(2)13(9)19(17,18)15-4-3-11(7-15)8-16/h5-6,11,16H,3-4,7-8,14H2,1-2H3. The zero-order valence-electron chi connectivity index (χ0n) is 11.3. The van der Waals surface area contributed by atoms with Gasteiger partial charge in [0.2, 0.25) is 10.0 Å². The summed E-state index contributed by atoms with van der Waals surface area (Å²) in [4.78, 5) is 0.347. The molecule has 1 aliphatic heterocycles. The third kappa shape index (κ3) is 2.61. The second-order valence-electron chi connectivity index (χ2n) is 5.18. The topological polar surface area (TPSA) is 83.6 Å². The van der Waals surface area contributed by atoms with E-state index in [4.69, 9.17) is 10.8 Å². The minimum atomic E-state index is -3.49. The fraction of sp³-hybridized carbons (Fsp3) is 0.538. The van der Waals surface area contributed by atoms with E-state index in [2.05, 4.69) is 0 Å². The Morgan fingerprint density at radius 1 is 1.37 bits per heavy atom. The van der Waals surface area contributed by atoms with Crippen LogP contribution in [-0.4, -0.2) is 37.5 Å². The molecule has 0 bridgehead atoms. The molecule has 1 fully saturated rings. The van der Waals surface area contributed by atoms with Crippen LogP contribution in [0.15, 0.2) is 17.0 Å². The first-order valence-electron chi connectivity index (χ1n) is 6.34. The Labute approximate surface area is 114 Å². The molecule has 106 valence electrons. The number of nitrogens with zero attached hydrogens (tertiary/aromatic N) is 1. The average molecular weight is 284 g/mol. The smallest absolute Gasteiger partial charge is 0.243 e. The molecule has 1 aromatic carbocycles. The molecule has 1 saturated heterocycles. The Kier molecular flexibility index (Phi) is 3.85. The maximum absolute atomic E-state index is 12.7. The van der Waals surface area contributed by atoms with Crippen LogP contribution in [0.2, 0.25) is 0 Å². The van der Waals surface area contributed by atoms with Crippen LogP contribution in [0.25, 0.3) is 0 Å². The molecule has 1 heterocycles. The predicted octanol–water partition coefficient (Wildman–Crippen LogP) is 0.889. The molecule has 0 saturated carbocycles. The Bertz CT molecular complexity index is 561. The molecule has 19 heavy (non-hydrogen) atoms. The lowest BCUT2D eigenvalue weighted by atomic mass is 10.1. The van der Waals surface area contributed by atoms with Crippen molar-refractivity contribution in [2.45, 2.75) is 25.2 Å². The Balaban J connectivity index is 2.41. The average Bonchev–Trinajstić information content (AvgIpc) is 2.75. The normalized spacial score (nSPS) is 20.9. The molecule has 1 aliphatic rings. The number of aryl methyl sites for hydroxylation is 2. The van der Waals surface area contributed by atoms with E-state index < -0.39 is 10.0 Å². The van der Waals surface area contributed by atoms with E-state index in [1.165, 1.54) is 4.31 Å². The molecule has 1 unspecified atom stereocenters. The van der Waals surface area contributed by atoms with Crippen molar-refractivity contribution < 1.29 is 13.5 Å². The third-order valence-electron chi connectivity index (χ3n) is 3.59. The van der Waals surface area contributed by atoms with Crippen molar-refractivity contribution >= 4 is 15.7 Å². The Morgan fingerprint density at radius 3 is 2.42 bits per heavy atom. The van der Waals surface area contributed by atoms with Gasteiger partial charge in [-0.2, -0.15) is 4.31 Å². The number of aliphatic hydroxyl groups excluding tert-OH is 1. The molecule has 6 heteroatoms. The lowest BCUT2D eigenvalue weighted by Gasteiger charge is -2.19. The van der Waals surface area contributed by atoms with Crippen molar-refractivity contribution in [3.63, 3.8) is 0 Å². The summed E-state index contributed by atoms with van der Waals surface area (Å²) in [5.74, 6) is 0.0455. The number of nitrogens with two attached hydrogens (primary N) is 1. The minimum Gasteiger partial charge on any atom is -0.399 e. The van der Waals surface area contributed by atoms with Gasteiger partial charge in [-0.3, -0.25) is 0 Å². The minimum absolute atomic E-state index is 0.0335. The fourth-order valence-electron chi connectivity index (χ4n) is 2.68. The van der Waals surface area contributed by atoms with Crippen molar-refractivity contribution in [3.05, 3.63) is 23.3 Å². The number of nitrogen functional groups attached to an aromatic ring is 1. The largest absolute Gasteiger partial charge is 0.399 e. The highest BCUT2D eigenvalue weighted by Gasteiger charge is 2.33.